The summed E-state index contributed by atoms with van der Waals surface area (Å²) in [7, 11) is 0. The standard InChI is InChI=1S/C20H16FN3O3/c1-2-9-22-19(25)13-5-8-17-15(10-13)18(24-27-17)16-11-26-20(23-16)12-3-6-14(21)7-4-12/h3-8,10-11H,2,9H2,1H3,(H,22,25). The Hall–Kier alpha value is -3.48. The highest BCUT2D eigenvalue weighted by atomic mass is 19.1. The molecular formula is C20H16FN3O3. The molecule has 4 aromatic rings. The fraction of sp³-hybridized carbons (Fsp3) is 0.150. The second-order valence-electron chi connectivity index (χ2n) is 6.04. The van der Waals surface area contributed by atoms with E-state index in [1.54, 1.807) is 30.3 Å². The summed E-state index contributed by atoms with van der Waals surface area (Å²) >= 11 is 0. The van der Waals surface area contributed by atoms with Crippen molar-refractivity contribution < 1.29 is 18.1 Å². The predicted octanol–water partition coefficient (Wildman–Crippen LogP) is 4.43. The Bertz CT molecular complexity index is 1100. The molecule has 136 valence electrons. The van der Waals surface area contributed by atoms with Gasteiger partial charge in [-0.25, -0.2) is 9.37 Å². The van der Waals surface area contributed by atoms with Gasteiger partial charge in [0, 0.05) is 17.7 Å². The highest BCUT2D eigenvalue weighted by molar-refractivity contribution is 6.00. The van der Waals surface area contributed by atoms with Crippen molar-refractivity contribution in [3.8, 4) is 22.8 Å². The molecule has 0 spiro atoms. The molecular weight excluding hydrogens is 349 g/mol. The molecule has 0 fully saturated rings. The first-order valence-electron chi connectivity index (χ1n) is 8.55. The number of benzene rings is 2. The lowest BCUT2D eigenvalue weighted by atomic mass is 10.1. The number of fused-ring (bicyclic) bond motifs is 1. The normalized spacial score (nSPS) is 11.0. The minimum atomic E-state index is -0.332. The number of rotatable bonds is 5. The first kappa shape index (κ1) is 17.0. The summed E-state index contributed by atoms with van der Waals surface area (Å²) in [5, 5.41) is 7.57. The Balaban J connectivity index is 1.69. The summed E-state index contributed by atoms with van der Waals surface area (Å²) < 4.78 is 23.9. The van der Waals surface area contributed by atoms with Crippen LogP contribution < -0.4 is 5.32 Å². The zero-order chi connectivity index (χ0) is 18.8. The third kappa shape index (κ3) is 3.31. The zero-order valence-corrected chi connectivity index (χ0v) is 14.5. The maximum atomic E-state index is 13.1. The molecule has 27 heavy (non-hydrogen) atoms. The lowest BCUT2D eigenvalue weighted by Crippen LogP contribution is -2.23. The van der Waals surface area contributed by atoms with E-state index >= 15 is 0 Å². The van der Waals surface area contributed by atoms with Crippen LogP contribution in [0.25, 0.3) is 33.8 Å². The van der Waals surface area contributed by atoms with Crippen molar-refractivity contribution in [2.24, 2.45) is 0 Å². The first-order valence-corrected chi connectivity index (χ1v) is 8.55. The lowest BCUT2D eigenvalue weighted by Gasteiger charge is -2.03. The zero-order valence-electron chi connectivity index (χ0n) is 14.5. The molecule has 0 aliphatic carbocycles. The molecule has 2 aromatic heterocycles. The van der Waals surface area contributed by atoms with Gasteiger partial charge in [0.05, 0.1) is 5.39 Å². The summed E-state index contributed by atoms with van der Waals surface area (Å²) in [6, 6.07) is 11.0. The maximum absolute atomic E-state index is 13.1. The van der Waals surface area contributed by atoms with Gasteiger partial charge in [-0.15, -0.1) is 0 Å². The summed E-state index contributed by atoms with van der Waals surface area (Å²) in [6.45, 7) is 2.60. The predicted molar refractivity (Wildman–Crippen MR) is 97.5 cm³/mol. The molecule has 1 amide bonds. The Morgan fingerprint density at radius 1 is 1.19 bits per heavy atom. The van der Waals surface area contributed by atoms with Crippen LogP contribution in [-0.2, 0) is 0 Å². The van der Waals surface area contributed by atoms with Gasteiger partial charge in [0.25, 0.3) is 5.91 Å². The van der Waals surface area contributed by atoms with E-state index < -0.39 is 0 Å². The number of hydrogen-bond donors (Lipinski definition) is 1. The van der Waals surface area contributed by atoms with Gasteiger partial charge in [0.1, 0.15) is 23.5 Å². The summed E-state index contributed by atoms with van der Waals surface area (Å²) in [4.78, 5) is 16.6. The highest BCUT2D eigenvalue weighted by Gasteiger charge is 2.17. The molecule has 0 aliphatic rings. The van der Waals surface area contributed by atoms with Gasteiger partial charge < -0.3 is 14.3 Å². The molecule has 0 saturated heterocycles. The topological polar surface area (TPSA) is 81.2 Å². The Kier molecular flexibility index (Phi) is 4.42. The summed E-state index contributed by atoms with van der Waals surface area (Å²) in [5.41, 5.74) is 2.66. The molecule has 0 radical (unpaired) electrons. The maximum Gasteiger partial charge on any atom is 0.251 e. The number of hydrogen-bond acceptors (Lipinski definition) is 5. The number of aromatic nitrogens is 2. The van der Waals surface area contributed by atoms with E-state index in [9.17, 15) is 9.18 Å². The minimum Gasteiger partial charge on any atom is -0.444 e. The van der Waals surface area contributed by atoms with Crippen LogP contribution in [0.1, 0.15) is 23.7 Å². The second-order valence-corrected chi connectivity index (χ2v) is 6.04. The molecule has 0 aliphatic heterocycles. The number of carbonyl (C=O) groups excluding carboxylic acids is 1. The fourth-order valence-corrected chi connectivity index (χ4v) is 2.71. The monoisotopic (exact) mass is 365 g/mol. The SMILES string of the molecule is CCCNC(=O)c1ccc2onc(-c3coc(-c4ccc(F)cc4)n3)c2c1. The fourth-order valence-electron chi connectivity index (χ4n) is 2.71. The van der Waals surface area contributed by atoms with Crippen LogP contribution >= 0.6 is 0 Å². The van der Waals surface area contributed by atoms with Gasteiger partial charge in [-0.05, 0) is 48.9 Å². The molecule has 0 unspecified atom stereocenters. The molecule has 0 atom stereocenters. The van der Waals surface area contributed by atoms with Crippen LogP contribution in [0.15, 0.2) is 57.7 Å². The minimum absolute atomic E-state index is 0.155. The van der Waals surface area contributed by atoms with Gasteiger partial charge in [-0.3, -0.25) is 4.79 Å². The highest BCUT2D eigenvalue weighted by Crippen LogP contribution is 2.30. The van der Waals surface area contributed by atoms with E-state index in [1.807, 2.05) is 6.92 Å². The van der Waals surface area contributed by atoms with Gasteiger partial charge in [0.2, 0.25) is 5.89 Å². The average molecular weight is 365 g/mol. The van der Waals surface area contributed by atoms with Crippen molar-refractivity contribution in [1.29, 1.82) is 0 Å². The first-order chi connectivity index (χ1) is 13.2. The Labute approximate surface area is 154 Å². The number of halogens is 1. The molecule has 1 N–H and O–H groups in total. The third-order valence-corrected chi connectivity index (χ3v) is 4.11. The summed E-state index contributed by atoms with van der Waals surface area (Å²) in [5.74, 6) is -0.141. The van der Waals surface area contributed by atoms with Gasteiger partial charge >= 0.3 is 0 Å². The largest absolute Gasteiger partial charge is 0.444 e. The third-order valence-electron chi connectivity index (χ3n) is 4.11. The summed E-state index contributed by atoms with van der Waals surface area (Å²) in [6.07, 6.45) is 2.32. The molecule has 7 heteroatoms. The molecule has 2 aromatic carbocycles. The molecule has 4 rings (SSSR count). The number of nitrogens with one attached hydrogen (secondary N) is 1. The molecule has 0 bridgehead atoms. The quantitative estimate of drug-likeness (QED) is 0.566. The molecule has 6 nitrogen and oxygen atoms in total. The van der Waals surface area contributed by atoms with Crippen molar-refractivity contribution in [1.82, 2.24) is 15.5 Å². The van der Waals surface area contributed by atoms with Gasteiger partial charge in [-0.1, -0.05) is 12.1 Å². The number of carbonyl (C=O) groups is 1. The van der Waals surface area contributed by atoms with E-state index in [-0.39, 0.29) is 11.7 Å². The van der Waals surface area contributed by atoms with Crippen LogP contribution in [0, 0.1) is 5.82 Å². The van der Waals surface area contributed by atoms with Crippen molar-refractivity contribution in [2.75, 3.05) is 6.54 Å². The van der Waals surface area contributed by atoms with Crippen LogP contribution in [0.2, 0.25) is 0 Å². The molecule has 2 heterocycles. The van der Waals surface area contributed by atoms with Gasteiger partial charge in [0.15, 0.2) is 5.58 Å². The number of nitrogens with zero attached hydrogens (tertiary/aromatic N) is 2. The van der Waals surface area contributed by atoms with Crippen LogP contribution in [0.4, 0.5) is 4.39 Å². The van der Waals surface area contributed by atoms with E-state index in [1.165, 1.54) is 18.4 Å². The Morgan fingerprint density at radius 2 is 2.00 bits per heavy atom. The smallest absolute Gasteiger partial charge is 0.251 e. The van der Waals surface area contributed by atoms with Crippen LogP contribution in [0.3, 0.4) is 0 Å². The van der Waals surface area contributed by atoms with Crippen molar-refractivity contribution in [3.63, 3.8) is 0 Å². The number of oxazole rings is 1. The lowest BCUT2D eigenvalue weighted by molar-refractivity contribution is 0.0954. The Morgan fingerprint density at radius 3 is 2.78 bits per heavy atom. The average Bonchev–Trinajstić information content (AvgIpc) is 3.33. The van der Waals surface area contributed by atoms with Gasteiger partial charge in [-0.2, -0.15) is 0 Å². The van der Waals surface area contributed by atoms with E-state index in [0.29, 0.717) is 45.9 Å². The van der Waals surface area contributed by atoms with E-state index in [4.69, 9.17) is 8.94 Å². The molecule has 0 saturated carbocycles. The number of amides is 1. The van der Waals surface area contributed by atoms with Crippen molar-refractivity contribution in [3.05, 3.63) is 60.1 Å². The van der Waals surface area contributed by atoms with Crippen molar-refractivity contribution >= 4 is 16.9 Å². The second kappa shape index (κ2) is 7.03. The van der Waals surface area contributed by atoms with Crippen molar-refractivity contribution in [2.45, 2.75) is 13.3 Å². The van der Waals surface area contributed by atoms with Crippen LogP contribution in [-0.4, -0.2) is 22.6 Å². The van der Waals surface area contributed by atoms with E-state index in [2.05, 4.69) is 15.5 Å². The van der Waals surface area contributed by atoms with Crippen LogP contribution in [0.5, 0.6) is 0 Å². The van der Waals surface area contributed by atoms with E-state index in [0.717, 1.165) is 6.42 Å².